The Labute approximate surface area is 230 Å². The van der Waals surface area contributed by atoms with Gasteiger partial charge >= 0.3 is 6.55 Å². The average Bonchev–Trinajstić information content (AvgIpc) is 3.11. The van der Waals surface area contributed by atoms with E-state index in [1.54, 1.807) is 19.3 Å². The van der Waals surface area contributed by atoms with Gasteiger partial charge < -0.3 is 10.2 Å². The summed E-state index contributed by atoms with van der Waals surface area (Å²) in [6.07, 6.45) is 5.60. The minimum Gasteiger partial charge on any atom is -0.388 e. The van der Waals surface area contributed by atoms with E-state index in [9.17, 15) is 17.2 Å². The summed E-state index contributed by atoms with van der Waals surface area (Å²) in [5.74, 6) is 0.733. The summed E-state index contributed by atoms with van der Waals surface area (Å²) in [6.45, 7) is 3.40. The molecular weight excluding hydrogens is 557 g/mol. The molecule has 3 aromatic rings. The molecule has 1 N–H and O–H groups in total. The third kappa shape index (κ3) is 5.45. The van der Waals surface area contributed by atoms with E-state index in [-0.39, 0.29) is 37.3 Å². The Balaban J connectivity index is 1.79. The molecule has 0 radical (unpaired) electrons. The predicted molar refractivity (Wildman–Crippen MR) is 146 cm³/mol. The van der Waals surface area contributed by atoms with Gasteiger partial charge in [0.2, 0.25) is 0 Å². The topological polar surface area (TPSA) is 83.4 Å². The van der Waals surface area contributed by atoms with Crippen LogP contribution >= 0.6 is 23.2 Å². The fourth-order valence-electron chi connectivity index (χ4n) is 4.30. The van der Waals surface area contributed by atoms with Gasteiger partial charge in [-0.05, 0) is 54.7 Å². The molecule has 13 heteroatoms. The number of nitrogens with zero attached hydrogens (tertiary/aromatic N) is 5. The number of nitrogens with one attached hydrogen (secondary N) is 1. The number of aromatic nitrogens is 3. The van der Waals surface area contributed by atoms with E-state index in [1.807, 2.05) is 37.2 Å². The van der Waals surface area contributed by atoms with Crippen molar-refractivity contribution < 1.29 is 17.2 Å². The molecule has 2 aromatic heterocycles. The highest BCUT2D eigenvalue weighted by Gasteiger charge is 2.39. The van der Waals surface area contributed by atoms with Gasteiger partial charge in [0, 0.05) is 38.7 Å². The van der Waals surface area contributed by atoms with Gasteiger partial charge in [-0.1, -0.05) is 37.0 Å². The monoisotopic (exact) mass is 584 g/mol. The zero-order chi connectivity index (χ0) is 27.8. The van der Waals surface area contributed by atoms with E-state index in [0.29, 0.717) is 29.9 Å². The van der Waals surface area contributed by atoms with Crippen LogP contribution in [0.1, 0.15) is 25.2 Å². The first-order valence-corrected chi connectivity index (χ1v) is 14.1. The van der Waals surface area contributed by atoms with Crippen molar-refractivity contribution in [3.05, 3.63) is 64.3 Å². The van der Waals surface area contributed by atoms with Crippen molar-refractivity contribution in [3.63, 3.8) is 0 Å². The maximum atomic E-state index is 14.5. The molecule has 1 aliphatic heterocycles. The number of benzene rings is 1. The van der Waals surface area contributed by atoms with Crippen LogP contribution in [0.4, 0.5) is 20.3 Å². The zero-order valence-electron chi connectivity index (χ0n) is 21.3. The largest absolute Gasteiger partial charge is 0.388 e. The molecule has 3 heterocycles. The van der Waals surface area contributed by atoms with Crippen molar-refractivity contribution in [2.75, 3.05) is 22.3 Å². The number of alkyl halides is 2. The van der Waals surface area contributed by atoms with Crippen LogP contribution in [0.2, 0.25) is 10.0 Å². The van der Waals surface area contributed by atoms with E-state index in [1.165, 1.54) is 23.7 Å². The SMILES string of the molecule is Cc1c(N(C(F)F)S(=O)(=O)c2c(Cl)cc(-c3ccnc(N4C=CNCC4)c3)cc2Cl)c(CC(C)C)nn1C. The van der Waals surface area contributed by atoms with Crippen LogP contribution in [0.15, 0.2) is 47.8 Å². The van der Waals surface area contributed by atoms with Crippen LogP contribution in [0.5, 0.6) is 0 Å². The second-order valence-corrected chi connectivity index (χ2v) is 11.9. The van der Waals surface area contributed by atoms with Gasteiger partial charge in [-0.25, -0.2) is 17.7 Å². The van der Waals surface area contributed by atoms with Crippen LogP contribution < -0.4 is 14.5 Å². The molecule has 1 aromatic carbocycles. The molecule has 8 nitrogen and oxygen atoms in total. The first-order valence-electron chi connectivity index (χ1n) is 11.9. The Bertz CT molecular complexity index is 1450. The minimum absolute atomic E-state index is 0.0543. The number of sulfonamides is 1. The quantitative estimate of drug-likeness (QED) is 0.347. The second kappa shape index (κ2) is 11.1. The smallest absolute Gasteiger partial charge is 0.328 e. The molecule has 0 atom stereocenters. The molecule has 0 fully saturated rings. The van der Waals surface area contributed by atoms with Crippen LogP contribution in [-0.4, -0.2) is 42.8 Å². The molecule has 0 unspecified atom stereocenters. The summed E-state index contributed by atoms with van der Waals surface area (Å²) in [7, 11) is -3.30. The molecule has 0 saturated heterocycles. The van der Waals surface area contributed by atoms with E-state index < -0.39 is 21.5 Å². The van der Waals surface area contributed by atoms with Crippen LogP contribution in [0.25, 0.3) is 11.1 Å². The number of hydrogen-bond donors (Lipinski definition) is 1. The minimum atomic E-state index is -4.88. The molecule has 0 spiro atoms. The molecule has 38 heavy (non-hydrogen) atoms. The number of anilines is 2. The molecular formula is C25H28Cl2F2N6O2S. The van der Waals surface area contributed by atoms with E-state index in [2.05, 4.69) is 15.4 Å². The van der Waals surface area contributed by atoms with Crippen molar-refractivity contribution in [3.8, 4) is 11.1 Å². The molecule has 0 aliphatic carbocycles. The lowest BCUT2D eigenvalue weighted by molar-refractivity contribution is 0.161. The predicted octanol–water partition coefficient (Wildman–Crippen LogP) is 5.59. The Morgan fingerprint density at radius 1 is 1.16 bits per heavy atom. The number of aryl methyl sites for hydroxylation is 1. The van der Waals surface area contributed by atoms with Gasteiger partial charge in [-0.3, -0.25) is 4.68 Å². The highest BCUT2D eigenvalue weighted by Crippen LogP contribution is 2.41. The highest BCUT2D eigenvalue weighted by molar-refractivity contribution is 7.93. The molecule has 4 rings (SSSR count). The maximum absolute atomic E-state index is 14.5. The fourth-order valence-corrected chi connectivity index (χ4v) is 6.87. The van der Waals surface area contributed by atoms with Gasteiger partial charge in [0.15, 0.2) is 0 Å². The Kier molecular flexibility index (Phi) is 8.20. The lowest BCUT2D eigenvalue weighted by Gasteiger charge is -2.26. The fraction of sp³-hybridized carbons (Fsp3) is 0.360. The molecule has 0 amide bonds. The molecule has 0 bridgehead atoms. The molecule has 1 aliphatic rings. The first-order chi connectivity index (χ1) is 17.9. The standard InChI is InChI=1S/C25H28Cl2F2N6O2S/c1-15(2)11-21-23(16(3)33(4)32-21)35(25(28)29)38(36,37)24-19(26)12-18(13-20(24)27)17-5-6-31-22(14-17)34-9-7-30-8-10-34/h5-7,9,12-15,25,30H,8,10-11H2,1-4H3. The third-order valence-electron chi connectivity index (χ3n) is 6.13. The number of halogens is 4. The summed E-state index contributed by atoms with van der Waals surface area (Å²) in [6, 6.07) is 6.35. The van der Waals surface area contributed by atoms with Gasteiger partial charge in [-0.2, -0.15) is 13.9 Å². The number of hydrogen-bond acceptors (Lipinski definition) is 6. The lowest BCUT2D eigenvalue weighted by atomic mass is 10.1. The molecule has 0 saturated carbocycles. The van der Waals surface area contributed by atoms with Gasteiger partial charge in [0.05, 0.1) is 21.4 Å². The Hall–Kier alpha value is -2.89. The van der Waals surface area contributed by atoms with Crippen molar-refractivity contribution in [1.82, 2.24) is 20.1 Å². The maximum Gasteiger partial charge on any atom is 0.328 e. The van der Waals surface area contributed by atoms with Crippen molar-refractivity contribution >= 4 is 44.7 Å². The number of pyridine rings is 1. The van der Waals surface area contributed by atoms with Crippen molar-refractivity contribution in [1.29, 1.82) is 0 Å². The normalized spacial score (nSPS) is 13.9. The summed E-state index contributed by atoms with van der Waals surface area (Å²) < 4.78 is 57.9. The van der Waals surface area contributed by atoms with E-state index in [4.69, 9.17) is 23.2 Å². The third-order valence-corrected chi connectivity index (χ3v) is 8.76. The zero-order valence-corrected chi connectivity index (χ0v) is 23.6. The van der Waals surface area contributed by atoms with E-state index >= 15 is 0 Å². The Morgan fingerprint density at radius 3 is 2.42 bits per heavy atom. The lowest BCUT2D eigenvalue weighted by Crippen LogP contribution is -2.37. The summed E-state index contributed by atoms with van der Waals surface area (Å²) >= 11 is 12.9. The van der Waals surface area contributed by atoms with Gasteiger partial charge in [-0.15, -0.1) is 0 Å². The first kappa shape index (κ1) is 28.1. The summed E-state index contributed by atoms with van der Waals surface area (Å²) in [5, 5.41) is 6.86. The summed E-state index contributed by atoms with van der Waals surface area (Å²) in [5.41, 5.74) is 1.56. The number of rotatable bonds is 8. The van der Waals surface area contributed by atoms with Crippen LogP contribution in [0.3, 0.4) is 0 Å². The van der Waals surface area contributed by atoms with Crippen molar-refractivity contribution in [2.45, 2.75) is 38.6 Å². The average molecular weight is 586 g/mol. The van der Waals surface area contributed by atoms with Crippen LogP contribution in [0, 0.1) is 12.8 Å². The molecule has 204 valence electrons. The summed E-state index contributed by atoms with van der Waals surface area (Å²) in [4.78, 5) is 5.75. The highest BCUT2D eigenvalue weighted by atomic mass is 35.5. The van der Waals surface area contributed by atoms with Gasteiger partial charge in [0.1, 0.15) is 16.4 Å². The van der Waals surface area contributed by atoms with E-state index in [0.717, 1.165) is 6.54 Å². The van der Waals surface area contributed by atoms with Crippen LogP contribution in [-0.2, 0) is 23.5 Å². The van der Waals surface area contributed by atoms with Gasteiger partial charge in [0.25, 0.3) is 10.0 Å². The Morgan fingerprint density at radius 2 is 1.84 bits per heavy atom. The second-order valence-electron chi connectivity index (χ2n) is 9.32. The van der Waals surface area contributed by atoms with Crippen molar-refractivity contribution in [2.24, 2.45) is 13.0 Å².